The Labute approximate surface area is 223 Å². The third-order valence-electron chi connectivity index (χ3n) is 5.81. The van der Waals surface area contributed by atoms with Gasteiger partial charge in [0.05, 0.1) is 23.4 Å². The smallest absolute Gasteiger partial charge is 0.398 e. The van der Waals surface area contributed by atoms with Crippen molar-refractivity contribution < 1.29 is 27.6 Å². The highest BCUT2D eigenvalue weighted by Crippen LogP contribution is 2.32. The molecule has 0 aliphatic carbocycles. The van der Waals surface area contributed by atoms with Crippen molar-refractivity contribution in [3.8, 4) is 0 Å². The first-order valence-corrected chi connectivity index (χ1v) is 12.3. The van der Waals surface area contributed by atoms with Crippen molar-refractivity contribution in [1.29, 1.82) is 0 Å². The van der Waals surface area contributed by atoms with Gasteiger partial charge in [-0.05, 0) is 56.2 Å². The molecule has 0 aromatic heterocycles. The summed E-state index contributed by atoms with van der Waals surface area (Å²) in [7, 11) is 0. The fraction of sp³-hybridized carbons (Fsp3) is 0.400. The number of anilines is 2. The summed E-state index contributed by atoms with van der Waals surface area (Å²) in [6.45, 7) is 4.82. The number of rotatable bonds is 8. The largest absolute Gasteiger partial charge is 0.416 e. The maximum atomic E-state index is 13.2. The van der Waals surface area contributed by atoms with Gasteiger partial charge in [0.25, 0.3) is 5.91 Å². The number of halogens is 4. The van der Waals surface area contributed by atoms with Gasteiger partial charge in [0, 0.05) is 42.4 Å². The van der Waals surface area contributed by atoms with Gasteiger partial charge in [0.1, 0.15) is 0 Å². The number of hydrogen-bond donors (Lipinski definition) is 5. The lowest BCUT2D eigenvalue weighted by Gasteiger charge is -2.18. The highest BCUT2D eigenvalue weighted by Gasteiger charge is 2.32. The van der Waals surface area contributed by atoms with E-state index in [1.807, 2.05) is 6.07 Å². The van der Waals surface area contributed by atoms with Crippen LogP contribution < -0.4 is 27.0 Å². The van der Waals surface area contributed by atoms with Gasteiger partial charge in [0.15, 0.2) is 0 Å². The second kappa shape index (κ2) is 12.4. The fourth-order valence-corrected chi connectivity index (χ4v) is 4.20. The van der Waals surface area contributed by atoms with Crippen LogP contribution >= 0.6 is 11.6 Å². The first-order valence-electron chi connectivity index (χ1n) is 11.9. The average Bonchev–Trinajstić information content (AvgIpc) is 3.25. The van der Waals surface area contributed by atoms with Crippen LogP contribution in [0.4, 0.5) is 29.3 Å². The van der Waals surface area contributed by atoms with E-state index in [1.165, 1.54) is 0 Å². The summed E-state index contributed by atoms with van der Waals surface area (Å²) in [6, 6.07) is 6.59. The Hall–Kier alpha value is -3.51. The average molecular weight is 555 g/mol. The first-order chi connectivity index (χ1) is 17.8. The van der Waals surface area contributed by atoms with E-state index >= 15 is 0 Å². The molecule has 1 atom stereocenters. The number of nitrogens with two attached hydrogens (primary N) is 1. The van der Waals surface area contributed by atoms with Crippen molar-refractivity contribution in [2.24, 2.45) is 0 Å². The molecule has 1 heterocycles. The van der Waals surface area contributed by atoms with Gasteiger partial charge in [-0.25, -0.2) is 4.79 Å². The normalized spacial score (nSPS) is 15.8. The number of urea groups is 1. The molecule has 4 amide bonds. The topological polar surface area (TPSA) is 129 Å². The van der Waals surface area contributed by atoms with Crippen LogP contribution in [-0.4, -0.2) is 54.5 Å². The maximum absolute atomic E-state index is 13.2. The molecule has 6 N–H and O–H groups in total. The number of alkyl halides is 3. The molecule has 1 fully saturated rings. The second-order valence-electron chi connectivity index (χ2n) is 9.33. The number of nitrogens with one attached hydrogen (secondary N) is 4. The monoisotopic (exact) mass is 554 g/mol. The summed E-state index contributed by atoms with van der Waals surface area (Å²) in [5.74, 6) is -1.42. The van der Waals surface area contributed by atoms with E-state index in [2.05, 4.69) is 26.2 Å². The van der Waals surface area contributed by atoms with E-state index in [4.69, 9.17) is 17.3 Å². The van der Waals surface area contributed by atoms with Gasteiger partial charge < -0.3 is 27.0 Å². The molecule has 1 saturated heterocycles. The molecule has 13 heteroatoms. The van der Waals surface area contributed by atoms with Crippen molar-refractivity contribution in [3.05, 3.63) is 58.1 Å². The van der Waals surface area contributed by atoms with Gasteiger partial charge in [-0.15, -0.1) is 0 Å². The van der Waals surface area contributed by atoms with Gasteiger partial charge in [-0.2, -0.15) is 13.2 Å². The molecule has 38 heavy (non-hydrogen) atoms. The number of nitrogens with zero attached hydrogens (tertiary/aromatic N) is 1. The molecule has 0 bridgehead atoms. The van der Waals surface area contributed by atoms with Crippen LogP contribution in [0, 0.1) is 0 Å². The van der Waals surface area contributed by atoms with Crippen LogP contribution in [-0.2, 0) is 17.5 Å². The van der Waals surface area contributed by atoms with Gasteiger partial charge in [-0.3, -0.25) is 14.5 Å². The zero-order valence-electron chi connectivity index (χ0n) is 20.9. The second-order valence-corrected chi connectivity index (χ2v) is 9.76. The predicted octanol–water partition coefficient (Wildman–Crippen LogP) is 3.59. The Morgan fingerprint density at radius 3 is 2.55 bits per heavy atom. The van der Waals surface area contributed by atoms with Crippen molar-refractivity contribution in [3.63, 3.8) is 0 Å². The lowest BCUT2D eigenvalue weighted by atomic mass is 10.1. The predicted molar refractivity (Wildman–Crippen MR) is 139 cm³/mol. The van der Waals surface area contributed by atoms with Crippen LogP contribution in [0.5, 0.6) is 0 Å². The molecule has 2 aromatic carbocycles. The Morgan fingerprint density at radius 2 is 1.89 bits per heavy atom. The summed E-state index contributed by atoms with van der Waals surface area (Å²) in [6.07, 6.45) is -4.02. The Balaban J connectivity index is 1.57. The number of nitrogen functional groups attached to an aromatic ring is 1. The Kier molecular flexibility index (Phi) is 9.45. The summed E-state index contributed by atoms with van der Waals surface area (Å²) in [5.41, 5.74) is 5.91. The molecule has 0 saturated carbocycles. The quantitative estimate of drug-likeness (QED) is 0.319. The molecule has 0 unspecified atom stereocenters. The zero-order chi connectivity index (χ0) is 28.0. The van der Waals surface area contributed by atoms with E-state index in [1.54, 1.807) is 26.0 Å². The molecule has 206 valence electrons. The molecular weight excluding hydrogens is 525 g/mol. The van der Waals surface area contributed by atoms with E-state index in [0.717, 1.165) is 24.2 Å². The number of hydrogen-bond acceptors (Lipinski definition) is 5. The minimum atomic E-state index is -4.70. The Bertz CT molecular complexity index is 1190. The highest BCUT2D eigenvalue weighted by molar-refractivity contribution is 6.30. The molecule has 1 aliphatic heterocycles. The number of amides is 4. The fourth-order valence-electron chi connectivity index (χ4n) is 4.02. The number of benzene rings is 2. The van der Waals surface area contributed by atoms with Crippen LogP contribution in [0.3, 0.4) is 0 Å². The van der Waals surface area contributed by atoms with Gasteiger partial charge in [0.2, 0.25) is 5.91 Å². The molecule has 0 spiro atoms. The number of carbonyl (C=O) groups is 3. The summed E-state index contributed by atoms with van der Waals surface area (Å²) in [5, 5.41) is 10.6. The van der Waals surface area contributed by atoms with Crippen LogP contribution in [0.1, 0.15) is 41.8 Å². The van der Waals surface area contributed by atoms with Crippen LogP contribution in [0.2, 0.25) is 5.02 Å². The van der Waals surface area contributed by atoms with E-state index in [0.29, 0.717) is 36.3 Å². The van der Waals surface area contributed by atoms with Crippen molar-refractivity contribution in [2.75, 3.05) is 30.7 Å². The van der Waals surface area contributed by atoms with Crippen LogP contribution in [0.15, 0.2) is 36.4 Å². The third kappa shape index (κ3) is 8.25. The van der Waals surface area contributed by atoms with Crippen LogP contribution in [0.25, 0.3) is 0 Å². The van der Waals surface area contributed by atoms with E-state index in [9.17, 15) is 27.6 Å². The maximum Gasteiger partial charge on any atom is 0.416 e. The molecule has 9 nitrogen and oxygen atoms in total. The molecule has 2 aromatic rings. The minimum Gasteiger partial charge on any atom is -0.398 e. The highest BCUT2D eigenvalue weighted by atomic mass is 35.5. The zero-order valence-corrected chi connectivity index (χ0v) is 21.7. The summed E-state index contributed by atoms with van der Waals surface area (Å²) in [4.78, 5) is 39.4. The SMILES string of the molecule is CC(C)NC(=O)Nc1ccc(C(F)(F)F)cc1C(=O)NCC(=O)N[C@@H]1CCN(Cc2ccc(Cl)cc2N)C1. The minimum absolute atomic E-state index is 0.123. The molecule has 1 aliphatic rings. The lowest BCUT2D eigenvalue weighted by molar-refractivity contribution is -0.137. The van der Waals surface area contributed by atoms with Gasteiger partial charge in [-0.1, -0.05) is 17.7 Å². The Morgan fingerprint density at radius 1 is 1.16 bits per heavy atom. The molecule has 3 rings (SSSR count). The van der Waals surface area contributed by atoms with Crippen molar-refractivity contribution in [2.45, 2.75) is 45.1 Å². The van der Waals surface area contributed by atoms with E-state index in [-0.39, 0.29) is 17.8 Å². The standard InChI is InChI=1S/C25H30ClF3N6O3/c1-14(2)32-24(38)34-21-6-4-16(25(27,28)29)9-19(21)23(37)31-11-22(36)33-18-7-8-35(13-18)12-15-3-5-17(26)10-20(15)30/h3-6,9-10,14,18H,7-8,11-13,30H2,1-2H3,(H,31,37)(H,33,36)(H2,32,34,38)/t18-/m1/s1. The molecular formula is C25H30ClF3N6O3. The number of carbonyl (C=O) groups excluding carboxylic acids is 3. The third-order valence-corrected chi connectivity index (χ3v) is 6.04. The van der Waals surface area contributed by atoms with Crippen molar-refractivity contribution >= 4 is 40.8 Å². The first kappa shape index (κ1) is 29.1. The summed E-state index contributed by atoms with van der Waals surface area (Å²) >= 11 is 5.94. The van der Waals surface area contributed by atoms with Crippen molar-refractivity contribution in [1.82, 2.24) is 20.9 Å². The molecule has 0 radical (unpaired) electrons. The number of likely N-dealkylation sites (tertiary alicyclic amines) is 1. The van der Waals surface area contributed by atoms with E-state index < -0.39 is 41.7 Å². The van der Waals surface area contributed by atoms with Gasteiger partial charge >= 0.3 is 12.2 Å². The lowest BCUT2D eigenvalue weighted by Crippen LogP contribution is -2.43. The summed E-state index contributed by atoms with van der Waals surface area (Å²) < 4.78 is 39.7.